The van der Waals surface area contributed by atoms with Gasteiger partial charge in [-0.1, -0.05) is 13.2 Å². The van der Waals surface area contributed by atoms with Gasteiger partial charge < -0.3 is 9.84 Å². The summed E-state index contributed by atoms with van der Waals surface area (Å²) in [5, 5.41) is 9.39. The predicted molar refractivity (Wildman–Crippen MR) is 67.5 cm³/mol. The van der Waals surface area contributed by atoms with Gasteiger partial charge in [-0.15, -0.1) is 0 Å². The molecule has 0 heterocycles. The number of phenols is 1. The molecule has 94 valence electrons. The summed E-state index contributed by atoms with van der Waals surface area (Å²) in [4.78, 5) is 22.0. The summed E-state index contributed by atoms with van der Waals surface area (Å²) < 4.78 is 5.10. The van der Waals surface area contributed by atoms with E-state index in [0.717, 1.165) is 0 Å². The number of benzene rings is 1. The lowest BCUT2D eigenvalue weighted by molar-refractivity contribution is -0.130. The zero-order valence-corrected chi connectivity index (χ0v) is 10.1. The van der Waals surface area contributed by atoms with Gasteiger partial charge in [0.2, 0.25) is 0 Å². The van der Waals surface area contributed by atoms with Crippen LogP contribution in [-0.4, -0.2) is 17.4 Å². The fourth-order valence-corrected chi connectivity index (χ4v) is 1.28. The van der Waals surface area contributed by atoms with Gasteiger partial charge in [0.15, 0.2) is 0 Å². The van der Waals surface area contributed by atoms with Crippen molar-refractivity contribution in [3.05, 3.63) is 48.1 Å². The van der Waals surface area contributed by atoms with E-state index in [0.29, 0.717) is 17.4 Å². The third-order valence-corrected chi connectivity index (χ3v) is 2.18. The summed E-state index contributed by atoms with van der Waals surface area (Å²) in [5.41, 5.74) is 1.11. The highest BCUT2D eigenvalue weighted by atomic mass is 16.5. The third-order valence-electron chi connectivity index (χ3n) is 2.18. The molecule has 0 aliphatic heterocycles. The van der Waals surface area contributed by atoms with Gasteiger partial charge in [-0.25, -0.2) is 4.79 Å². The molecule has 1 rings (SSSR count). The molecule has 1 aromatic rings. The maximum absolute atomic E-state index is 11.4. The van der Waals surface area contributed by atoms with Crippen LogP contribution in [0.25, 0.3) is 0 Å². The lowest BCUT2D eigenvalue weighted by Gasteiger charge is -2.10. The van der Waals surface area contributed by atoms with Crippen LogP contribution in [-0.2, 0) is 16.0 Å². The van der Waals surface area contributed by atoms with E-state index in [1.807, 2.05) is 0 Å². The summed E-state index contributed by atoms with van der Waals surface area (Å²) in [6, 6.07) is 4.29. The Morgan fingerprint density at radius 1 is 1.44 bits per heavy atom. The van der Waals surface area contributed by atoms with E-state index in [1.165, 1.54) is 25.1 Å². The number of hydrogen-bond donors (Lipinski definition) is 1. The van der Waals surface area contributed by atoms with Crippen LogP contribution in [0.15, 0.2) is 42.5 Å². The van der Waals surface area contributed by atoms with Gasteiger partial charge in [0.1, 0.15) is 17.8 Å². The highest BCUT2D eigenvalue weighted by molar-refractivity contribution is 5.89. The van der Waals surface area contributed by atoms with Gasteiger partial charge in [0.05, 0.1) is 0 Å². The molecule has 0 bridgehead atoms. The number of aromatic hydroxyl groups is 1. The Bertz CT molecular complexity index is 515. The van der Waals surface area contributed by atoms with E-state index in [2.05, 4.69) is 13.2 Å². The second-order valence-electron chi connectivity index (χ2n) is 3.91. The molecule has 0 unspecified atom stereocenters. The molecule has 0 fully saturated rings. The zero-order valence-electron chi connectivity index (χ0n) is 10.1. The fourth-order valence-electron chi connectivity index (χ4n) is 1.28. The Hall–Kier alpha value is -2.36. The van der Waals surface area contributed by atoms with Crippen LogP contribution >= 0.6 is 0 Å². The number of rotatable bonds is 5. The van der Waals surface area contributed by atoms with Crippen LogP contribution in [0.5, 0.6) is 11.5 Å². The molecule has 1 N–H and O–H groups in total. The van der Waals surface area contributed by atoms with Crippen LogP contribution in [0.3, 0.4) is 0 Å². The molecule has 0 aliphatic rings. The molecule has 0 aliphatic carbocycles. The molecule has 0 radical (unpaired) electrons. The topological polar surface area (TPSA) is 63.6 Å². The Morgan fingerprint density at radius 2 is 2.11 bits per heavy atom. The number of aldehydes is 1. The van der Waals surface area contributed by atoms with Crippen LogP contribution in [0, 0.1) is 0 Å². The quantitative estimate of drug-likeness (QED) is 0.374. The monoisotopic (exact) mass is 246 g/mol. The van der Waals surface area contributed by atoms with Crippen LogP contribution in [0.2, 0.25) is 0 Å². The number of carbonyl (C=O) groups is 2. The maximum Gasteiger partial charge on any atom is 0.338 e. The Balaban J connectivity index is 3.03. The second-order valence-corrected chi connectivity index (χ2v) is 3.91. The molecule has 0 saturated heterocycles. The van der Waals surface area contributed by atoms with Crippen molar-refractivity contribution in [1.29, 1.82) is 0 Å². The third kappa shape index (κ3) is 3.59. The van der Waals surface area contributed by atoms with Crippen molar-refractivity contribution in [3.8, 4) is 11.5 Å². The number of esters is 1. The van der Waals surface area contributed by atoms with Gasteiger partial charge in [0, 0.05) is 17.6 Å². The minimum absolute atomic E-state index is 0.0267. The Morgan fingerprint density at radius 3 is 2.67 bits per heavy atom. The molecular weight excluding hydrogens is 232 g/mol. The van der Waals surface area contributed by atoms with Crippen molar-refractivity contribution in [1.82, 2.24) is 0 Å². The van der Waals surface area contributed by atoms with Gasteiger partial charge in [-0.3, -0.25) is 4.79 Å². The minimum atomic E-state index is -0.557. The Labute approximate surface area is 105 Å². The van der Waals surface area contributed by atoms with E-state index in [1.54, 1.807) is 0 Å². The normalized spacial score (nSPS) is 9.61. The summed E-state index contributed by atoms with van der Waals surface area (Å²) >= 11 is 0. The van der Waals surface area contributed by atoms with Crippen molar-refractivity contribution >= 4 is 12.3 Å². The molecule has 0 saturated carbocycles. The van der Waals surface area contributed by atoms with Gasteiger partial charge in [-0.2, -0.15) is 0 Å². The SMILES string of the molecule is C=C(C=O)Cc1cc(O)ccc1OC(=O)C(=C)C. The highest BCUT2D eigenvalue weighted by Crippen LogP contribution is 2.26. The molecule has 4 heteroatoms. The number of allylic oxidation sites excluding steroid dienone is 1. The van der Waals surface area contributed by atoms with E-state index in [-0.39, 0.29) is 23.5 Å². The zero-order chi connectivity index (χ0) is 13.7. The van der Waals surface area contributed by atoms with E-state index >= 15 is 0 Å². The molecule has 18 heavy (non-hydrogen) atoms. The summed E-state index contributed by atoms with van der Waals surface area (Å²) in [7, 11) is 0. The average molecular weight is 246 g/mol. The number of hydrogen-bond acceptors (Lipinski definition) is 4. The first-order valence-electron chi connectivity index (χ1n) is 5.26. The number of phenolic OH excluding ortho intramolecular Hbond substituents is 1. The van der Waals surface area contributed by atoms with Crippen molar-refractivity contribution in [3.63, 3.8) is 0 Å². The van der Waals surface area contributed by atoms with Crippen molar-refractivity contribution in [2.45, 2.75) is 13.3 Å². The lowest BCUT2D eigenvalue weighted by Crippen LogP contribution is -2.10. The van der Waals surface area contributed by atoms with Gasteiger partial charge in [-0.05, 0) is 30.7 Å². The second kappa shape index (κ2) is 5.82. The lowest BCUT2D eigenvalue weighted by atomic mass is 10.1. The van der Waals surface area contributed by atoms with Crippen molar-refractivity contribution in [2.75, 3.05) is 0 Å². The fraction of sp³-hybridized carbons (Fsp3) is 0.143. The van der Waals surface area contributed by atoms with Crippen LogP contribution in [0.1, 0.15) is 12.5 Å². The molecule has 0 aromatic heterocycles. The van der Waals surface area contributed by atoms with E-state index in [4.69, 9.17) is 4.74 Å². The van der Waals surface area contributed by atoms with Crippen LogP contribution in [0.4, 0.5) is 0 Å². The maximum atomic E-state index is 11.4. The van der Waals surface area contributed by atoms with Crippen LogP contribution < -0.4 is 4.74 Å². The smallest absolute Gasteiger partial charge is 0.338 e. The number of carbonyl (C=O) groups excluding carboxylic acids is 2. The number of ether oxygens (including phenoxy) is 1. The van der Waals surface area contributed by atoms with Crippen molar-refractivity contribution < 1.29 is 19.4 Å². The predicted octanol–water partition coefficient (Wildman–Crippen LogP) is 2.17. The van der Waals surface area contributed by atoms with Crippen molar-refractivity contribution in [2.24, 2.45) is 0 Å². The first-order valence-corrected chi connectivity index (χ1v) is 5.26. The summed E-state index contributed by atoms with van der Waals surface area (Å²) in [6.45, 7) is 8.56. The van der Waals surface area contributed by atoms with E-state index in [9.17, 15) is 14.7 Å². The minimum Gasteiger partial charge on any atom is -0.508 e. The van der Waals surface area contributed by atoms with Gasteiger partial charge in [0.25, 0.3) is 0 Å². The molecule has 0 amide bonds. The largest absolute Gasteiger partial charge is 0.508 e. The van der Waals surface area contributed by atoms with Gasteiger partial charge >= 0.3 is 5.97 Å². The average Bonchev–Trinajstić information content (AvgIpc) is 2.32. The molecular formula is C14H14O4. The van der Waals surface area contributed by atoms with E-state index < -0.39 is 5.97 Å². The molecule has 1 aromatic carbocycles. The molecule has 0 spiro atoms. The molecule has 4 nitrogen and oxygen atoms in total. The highest BCUT2D eigenvalue weighted by Gasteiger charge is 2.11. The molecule has 0 atom stereocenters. The summed E-state index contributed by atoms with van der Waals surface area (Å²) in [5.74, 6) is -0.249. The summed E-state index contributed by atoms with van der Waals surface area (Å²) in [6.07, 6.45) is 0.825. The first-order chi connectivity index (χ1) is 8.43. The standard InChI is InChI=1S/C14H14O4/c1-9(2)14(17)18-13-5-4-12(16)7-11(13)6-10(3)8-15/h4-5,7-8,16H,1,3,6H2,2H3. The first kappa shape index (κ1) is 13.7. The Kier molecular flexibility index (Phi) is 4.43.